The summed E-state index contributed by atoms with van der Waals surface area (Å²) in [5, 5.41) is 3.58. The maximum Gasteiger partial charge on any atom is 0.225 e. The van der Waals surface area contributed by atoms with Crippen molar-refractivity contribution in [1.29, 1.82) is 0 Å². The van der Waals surface area contributed by atoms with Gasteiger partial charge in [-0.15, -0.1) is 0 Å². The number of halogens is 3. The van der Waals surface area contributed by atoms with Gasteiger partial charge in [0.1, 0.15) is 17.5 Å². The van der Waals surface area contributed by atoms with Crippen LogP contribution >= 0.6 is 0 Å². The third kappa shape index (κ3) is 5.51. The maximum atomic E-state index is 14.0. The number of H-pyrrole nitrogens is 1. The molecule has 0 bridgehead atoms. The molecule has 0 fully saturated rings. The predicted octanol–water partition coefficient (Wildman–Crippen LogP) is 5.69. The van der Waals surface area contributed by atoms with Crippen LogP contribution in [0.4, 0.5) is 13.2 Å². The van der Waals surface area contributed by atoms with E-state index in [0.29, 0.717) is 39.2 Å². The summed E-state index contributed by atoms with van der Waals surface area (Å²) in [7, 11) is 1.52. The molecular weight excluding hydrogens is 493 g/mol. The number of pyridine rings is 2. The van der Waals surface area contributed by atoms with Crippen LogP contribution in [-0.4, -0.2) is 28.0 Å². The molecule has 0 aliphatic carbocycles. The van der Waals surface area contributed by atoms with Crippen molar-refractivity contribution in [3.63, 3.8) is 0 Å². The van der Waals surface area contributed by atoms with Crippen molar-refractivity contribution in [2.24, 2.45) is 0 Å². The number of nitrogens with zero attached hydrogens (tertiary/aromatic N) is 2. The topological polar surface area (TPSA) is 79.9 Å². The normalized spacial score (nSPS) is 11.9. The van der Waals surface area contributed by atoms with Crippen molar-refractivity contribution in [3.05, 3.63) is 114 Å². The first kappa shape index (κ1) is 25.0. The van der Waals surface area contributed by atoms with E-state index >= 15 is 0 Å². The van der Waals surface area contributed by atoms with Crippen LogP contribution in [-0.2, 0) is 17.6 Å². The minimum atomic E-state index is -0.732. The first-order valence-electron chi connectivity index (χ1n) is 11.8. The van der Waals surface area contributed by atoms with Crippen molar-refractivity contribution in [3.8, 4) is 17.0 Å². The molecule has 0 aliphatic heterocycles. The zero-order valence-electron chi connectivity index (χ0n) is 20.3. The Labute approximate surface area is 216 Å². The van der Waals surface area contributed by atoms with E-state index in [-0.39, 0.29) is 18.7 Å². The fraction of sp³-hybridized carbons (Fsp3) is 0.138. The second-order valence-corrected chi connectivity index (χ2v) is 8.81. The summed E-state index contributed by atoms with van der Waals surface area (Å²) >= 11 is 0. The SMILES string of the molecule is COc1ccc(-c2cccnc2C(Cc2cc(F)cc(F)c2)NC(=O)Cc2c[nH]c3ccc(F)cc23)cn1. The summed E-state index contributed by atoms with van der Waals surface area (Å²) < 4.78 is 47.0. The van der Waals surface area contributed by atoms with Gasteiger partial charge in [0.25, 0.3) is 0 Å². The van der Waals surface area contributed by atoms with Gasteiger partial charge in [-0.1, -0.05) is 6.07 Å². The monoisotopic (exact) mass is 516 g/mol. The second kappa shape index (κ2) is 10.8. The number of aromatic amines is 1. The van der Waals surface area contributed by atoms with Gasteiger partial charge in [0.05, 0.1) is 25.3 Å². The predicted molar refractivity (Wildman–Crippen MR) is 137 cm³/mol. The van der Waals surface area contributed by atoms with Gasteiger partial charge in [0.15, 0.2) is 0 Å². The minimum Gasteiger partial charge on any atom is -0.481 e. The second-order valence-electron chi connectivity index (χ2n) is 8.81. The first-order valence-corrected chi connectivity index (χ1v) is 11.8. The molecule has 1 unspecified atom stereocenters. The summed E-state index contributed by atoms with van der Waals surface area (Å²) in [6, 6.07) is 13.9. The number of hydrogen-bond acceptors (Lipinski definition) is 4. The van der Waals surface area contributed by atoms with Gasteiger partial charge in [-0.3, -0.25) is 9.78 Å². The summed E-state index contributed by atoms with van der Waals surface area (Å²) in [5.74, 6) is -1.76. The Hall–Kier alpha value is -4.66. The van der Waals surface area contributed by atoms with E-state index in [1.165, 1.54) is 31.4 Å². The molecule has 5 rings (SSSR count). The Kier molecular flexibility index (Phi) is 7.08. The Morgan fingerprint density at radius 1 is 1.00 bits per heavy atom. The number of ether oxygens (including phenoxy) is 1. The molecule has 2 aromatic carbocycles. The van der Waals surface area contributed by atoms with Crippen LogP contribution in [0.25, 0.3) is 22.0 Å². The van der Waals surface area contributed by atoms with E-state index in [9.17, 15) is 18.0 Å². The van der Waals surface area contributed by atoms with Gasteiger partial charge in [0.2, 0.25) is 11.8 Å². The van der Waals surface area contributed by atoms with Crippen LogP contribution < -0.4 is 10.1 Å². The molecule has 5 aromatic rings. The zero-order chi connectivity index (χ0) is 26.6. The standard InChI is InChI=1S/C29H23F3N4O2/c1-38-28-7-4-18(15-35-28)23-3-2-8-33-29(23)26(11-17-9-21(31)13-22(32)10-17)36-27(37)12-19-16-34-25-6-5-20(30)14-24(19)25/h2-10,13-16,26,34H,11-12H2,1H3,(H,36,37). The van der Waals surface area contributed by atoms with E-state index in [2.05, 4.69) is 20.3 Å². The lowest BCUT2D eigenvalue weighted by Gasteiger charge is -2.21. The number of methoxy groups -OCH3 is 1. The van der Waals surface area contributed by atoms with Gasteiger partial charge in [-0.2, -0.15) is 0 Å². The van der Waals surface area contributed by atoms with Gasteiger partial charge in [-0.05, 0) is 60.0 Å². The number of nitrogens with one attached hydrogen (secondary N) is 2. The van der Waals surface area contributed by atoms with Crippen LogP contribution in [0.3, 0.4) is 0 Å². The van der Waals surface area contributed by atoms with Crippen LogP contribution in [0.5, 0.6) is 5.88 Å². The van der Waals surface area contributed by atoms with Gasteiger partial charge < -0.3 is 15.0 Å². The lowest BCUT2D eigenvalue weighted by Crippen LogP contribution is -2.32. The van der Waals surface area contributed by atoms with E-state index < -0.39 is 23.5 Å². The number of benzene rings is 2. The number of rotatable bonds is 8. The molecule has 38 heavy (non-hydrogen) atoms. The van der Waals surface area contributed by atoms with E-state index in [1.54, 1.807) is 36.8 Å². The highest BCUT2D eigenvalue weighted by atomic mass is 19.1. The average molecular weight is 517 g/mol. The van der Waals surface area contributed by atoms with Gasteiger partial charge >= 0.3 is 0 Å². The van der Waals surface area contributed by atoms with E-state index in [4.69, 9.17) is 4.74 Å². The molecule has 1 amide bonds. The van der Waals surface area contributed by atoms with Crippen LogP contribution in [0, 0.1) is 17.5 Å². The lowest BCUT2D eigenvalue weighted by atomic mass is 9.96. The highest BCUT2D eigenvalue weighted by Gasteiger charge is 2.22. The fourth-order valence-electron chi connectivity index (χ4n) is 4.50. The number of carbonyl (C=O) groups is 1. The lowest BCUT2D eigenvalue weighted by molar-refractivity contribution is -0.121. The molecule has 0 aliphatic rings. The number of carbonyl (C=O) groups excluding carboxylic acids is 1. The third-order valence-electron chi connectivity index (χ3n) is 6.20. The van der Waals surface area contributed by atoms with Crippen molar-refractivity contribution in [1.82, 2.24) is 20.3 Å². The van der Waals surface area contributed by atoms with Gasteiger partial charge in [0, 0.05) is 52.8 Å². The zero-order valence-corrected chi connectivity index (χ0v) is 20.3. The molecule has 0 spiro atoms. The summed E-state index contributed by atoms with van der Waals surface area (Å²) in [6.07, 6.45) is 4.92. The quantitative estimate of drug-likeness (QED) is 0.278. The molecule has 3 heterocycles. The van der Waals surface area contributed by atoms with Crippen molar-refractivity contribution in [2.45, 2.75) is 18.9 Å². The largest absolute Gasteiger partial charge is 0.481 e. The number of hydrogen-bond donors (Lipinski definition) is 2. The molecule has 0 saturated carbocycles. The molecule has 2 N–H and O–H groups in total. The van der Waals surface area contributed by atoms with Crippen molar-refractivity contribution < 1.29 is 22.7 Å². The smallest absolute Gasteiger partial charge is 0.225 e. The molecule has 3 aromatic heterocycles. The minimum absolute atomic E-state index is 0.0380. The van der Waals surface area contributed by atoms with Crippen molar-refractivity contribution >= 4 is 16.8 Å². The number of amides is 1. The molecule has 9 heteroatoms. The number of aromatic nitrogens is 3. The summed E-state index contributed by atoms with van der Waals surface area (Å²) in [4.78, 5) is 25.1. The molecule has 0 saturated heterocycles. The average Bonchev–Trinajstić information content (AvgIpc) is 3.29. The van der Waals surface area contributed by atoms with E-state index in [0.717, 1.165) is 11.6 Å². The molecule has 6 nitrogen and oxygen atoms in total. The Bertz CT molecular complexity index is 1580. The maximum absolute atomic E-state index is 14.0. The van der Waals surface area contributed by atoms with Crippen LogP contribution in [0.1, 0.15) is 22.9 Å². The van der Waals surface area contributed by atoms with Crippen LogP contribution in [0.2, 0.25) is 0 Å². The van der Waals surface area contributed by atoms with E-state index in [1.807, 2.05) is 12.1 Å². The Morgan fingerprint density at radius 2 is 1.82 bits per heavy atom. The molecular formula is C29H23F3N4O2. The summed E-state index contributed by atoms with van der Waals surface area (Å²) in [6.45, 7) is 0. The van der Waals surface area contributed by atoms with Gasteiger partial charge in [-0.25, -0.2) is 18.2 Å². The summed E-state index contributed by atoms with van der Waals surface area (Å²) in [5.41, 5.74) is 3.60. The van der Waals surface area contributed by atoms with Crippen molar-refractivity contribution in [2.75, 3.05) is 7.11 Å². The highest BCUT2D eigenvalue weighted by molar-refractivity contribution is 5.89. The molecule has 192 valence electrons. The first-order chi connectivity index (χ1) is 18.4. The molecule has 0 radical (unpaired) electrons. The Balaban J connectivity index is 1.49. The fourth-order valence-corrected chi connectivity index (χ4v) is 4.50. The molecule has 1 atom stereocenters. The third-order valence-corrected chi connectivity index (χ3v) is 6.20. The van der Waals surface area contributed by atoms with Crippen LogP contribution in [0.15, 0.2) is 79.3 Å². The number of fused-ring (bicyclic) bond motifs is 1. The highest BCUT2D eigenvalue weighted by Crippen LogP contribution is 2.30. The Morgan fingerprint density at radius 3 is 2.55 bits per heavy atom.